The Morgan fingerprint density at radius 2 is 1.78 bits per heavy atom. The van der Waals surface area contributed by atoms with Gasteiger partial charge in [0.15, 0.2) is 0 Å². The molecule has 1 heterocycles. The van der Waals surface area contributed by atoms with E-state index in [-0.39, 0.29) is 23.6 Å². The van der Waals surface area contributed by atoms with E-state index in [1.807, 2.05) is 30.3 Å². The van der Waals surface area contributed by atoms with Crippen LogP contribution >= 0.6 is 0 Å². The molecule has 0 aliphatic heterocycles. The van der Waals surface area contributed by atoms with Crippen LogP contribution in [0.1, 0.15) is 11.1 Å². The Kier molecular flexibility index (Phi) is 6.21. The van der Waals surface area contributed by atoms with Crippen LogP contribution in [-0.2, 0) is 17.8 Å². The quantitative estimate of drug-likeness (QED) is 0.472. The number of amides is 1. The summed E-state index contributed by atoms with van der Waals surface area (Å²) in [6.45, 7) is -3.07. The molecular formula is C24H19F2N3O3. The van der Waals surface area contributed by atoms with Gasteiger partial charge in [-0.1, -0.05) is 42.5 Å². The van der Waals surface area contributed by atoms with E-state index in [4.69, 9.17) is 0 Å². The second-order valence-corrected chi connectivity index (χ2v) is 7.10. The number of hydrogen-bond acceptors (Lipinski definition) is 4. The third-order valence-corrected chi connectivity index (χ3v) is 4.85. The lowest BCUT2D eigenvalue weighted by atomic mass is 10.0. The van der Waals surface area contributed by atoms with Crippen molar-refractivity contribution in [2.75, 3.05) is 5.32 Å². The first kappa shape index (κ1) is 21.2. The van der Waals surface area contributed by atoms with Crippen LogP contribution in [0.5, 0.6) is 5.75 Å². The van der Waals surface area contributed by atoms with Crippen LogP contribution < -0.4 is 15.5 Å². The monoisotopic (exact) mass is 435 g/mol. The highest BCUT2D eigenvalue weighted by molar-refractivity contribution is 5.91. The maximum Gasteiger partial charge on any atom is 0.387 e. The van der Waals surface area contributed by atoms with Crippen molar-refractivity contribution in [3.8, 4) is 5.75 Å². The molecule has 8 heteroatoms. The van der Waals surface area contributed by atoms with Crippen LogP contribution in [0.25, 0.3) is 10.9 Å². The molecule has 4 rings (SSSR count). The summed E-state index contributed by atoms with van der Waals surface area (Å²) in [4.78, 5) is 24.6. The Balaban J connectivity index is 1.56. The van der Waals surface area contributed by atoms with E-state index in [0.29, 0.717) is 28.6 Å². The first-order chi connectivity index (χ1) is 15.5. The zero-order chi connectivity index (χ0) is 22.5. The molecule has 4 aromatic rings. The largest absolute Gasteiger partial charge is 0.435 e. The van der Waals surface area contributed by atoms with Crippen molar-refractivity contribution in [2.45, 2.75) is 19.6 Å². The van der Waals surface area contributed by atoms with Crippen LogP contribution in [0.2, 0.25) is 0 Å². The van der Waals surface area contributed by atoms with Crippen LogP contribution in [-0.4, -0.2) is 22.3 Å². The molecule has 3 aromatic carbocycles. The normalized spacial score (nSPS) is 11.0. The molecule has 0 bridgehead atoms. The Bertz CT molecular complexity index is 1310. The molecule has 0 aliphatic rings. The molecule has 0 saturated carbocycles. The predicted molar refractivity (Wildman–Crippen MR) is 117 cm³/mol. The van der Waals surface area contributed by atoms with Crippen LogP contribution in [0, 0.1) is 0 Å². The lowest BCUT2D eigenvalue weighted by molar-refractivity contribution is -0.116. The van der Waals surface area contributed by atoms with Crippen molar-refractivity contribution in [1.82, 2.24) is 9.78 Å². The summed E-state index contributed by atoms with van der Waals surface area (Å²) in [5.74, 6) is -0.325. The molecule has 162 valence electrons. The van der Waals surface area contributed by atoms with Gasteiger partial charge in [0.2, 0.25) is 11.3 Å². The fraction of sp³-hybridized carbons (Fsp3) is 0.125. The van der Waals surface area contributed by atoms with Gasteiger partial charge in [-0.3, -0.25) is 14.3 Å². The van der Waals surface area contributed by atoms with Gasteiger partial charge in [0.05, 0.1) is 11.7 Å². The van der Waals surface area contributed by atoms with Crippen molar-refractivity contribution in [3.63, 3.8) is 0 Å². The number of nitrogens with zero attached hydrogens (tertiary/aromatic N) is 2. The average molecular weight is 435 g/mol. The number of rotatable bonds is 7. The Hall–Kier alpha value is -4.07. The zero-order valence-electron chi connectivity index (χ0n) is 16.9. The smallest absolute Gasteiger partial charge is 0.387 e. The fourth-order valence-corrected chi connectivity index (χ4v) is 3.45. The molecule has 0 radical (unpaired) electrons. The molecule has 1 N–H and O–H groups in total. The maximum absolute atomic E-state index is 12.8. The number of ether oxygens (including phenoxy) is 1. The third-order valence-electron chi connectivity index (χ3n) is 4.85. The Morgan fingerprint density at radius 1 is 1.03 bits per heavy atom. The number of halogens is 2. The summed E-state index contributed by atoms with van der Waals surface area (Å²) < 4.78 is 31.7. The molecular weight excluding hydrogens is 416 g/mol. The van der Waals surface area contributed by atoms with Gasteiger partial charge in [-0.05, 0) is 35.9 Å². The number of anilines is 1. The predicted octanol–water partition coefficient (Wildman–Crippen LogP) is 4.23. The maximum atomic E-state index is 12.8. The number of para-hydroxylation sites is 1. The number of nitrogens with one attached hydrogen (secondary N) is 1. The summed E-state index contributed by atoms with van der Waals surface area (Å²) in [6.07, 6.45) is 1.53. The van der Waals surface area contributed by atoms with Crippen molar-refractivity contribution in [1.29, 1.82) is 0 Å². The number of carbonyl (C=O) groups excluding carboxylic acids is 1. The standard InChI is InChI=1S/C24H19F2N3O3/c25-24(26)32-22-11-10-18(13-17(22)12-16-6-2-1-3-7-16)28-23(31)15-29-20-9-5-4-8-19(20)21(30)14-27-29/h1-11,13-14,24H,12,15H2,(H,28,31). The number of hydrogen-bond donors (Lipinski definition) is 1. The van der Waals surface area contributed by atoms with Crippen molar-refractivity contribution in [2.24, 2.45) is 0 Å². The van der Waals surface area contributed by atoms with Gasteiger partial charge in [-0.15, -0.1) is 0 Å². The molecule has 1 aromatic heterocycles. The zero-order valence-corrected chi connectivity index (χ0v) is 16.9. The minimum atomic E-state index is -2.95. The SMILES string of the molecule is O=C(Cn1ncc(=O)c2ccccc21)Nc1ccc(OC(F)F)c(Cc2ccccc2)c1. The minimum absolute atomic E-state index is 0.0509. The van der Waals surface area contributed by atoms with Crippen molar-refractivity contribution < 1.29 is 18.3 Å². The lowest BCUT2D eigenvalue weighted by Gasteiger charge is -2.14. The Labute approximate surface area is 182 Å². The topological polar surface area (TPSA) is 73.2 Å². The van der Waals surface area contributed by atoms with Crippen LogP contribution in [0.4, 0.5) is 14.5 Å². The summed E-state index contributed by atoms with van der Waals surface area (Å²) >= 11 is 0. The molecule has 0 saturated heterocycles. The van der Waals surface area contributed by atoms with E-state index in [0.717, 1.165) is 5.56 Å². The summed E-state index contributed by atoms with van der Waals surface area (Å²) in [6, 6.07) is 20.7. The third kappa shape index (κ3) is 4.97. The number of alkyl halides is 2. The number of fused-ring (bicyclic) bond motifs is 1. The van der Waals surface area contributed by atoms with Gasteiger partial charge in [0.25, 0.3) is 0 Å². The van der Waals surface area contributed by atoms with E-state index in [2.05, 4.69) is 15.2 Å². The summed E-state index contributed by atoms with van der Waals surface area (Å²) in [5, 5.41) is 7.27. The molecule has 0 unspecified atom stereocenters. The molecule has 0 aliphatic carbocycles. The molecule has 0 atom stereocenters. The van der Waals surface area contributed by atoms with Gasteiger partial charge in [0, 0.05) is 23.1 Å². The van der Waals surface area contributed by atoms with Crippen LogP contribution in [0.3, 0.4) is 0 Å². The average Bonchev–Trinajstić information content (AvgIpc) is 2.78. The molecule has 0 spiro atoms. The lowest BCUT2D eigenvalue weighted by Crippen LogP contribution is -2.22. The van der Waals surface area contributed by atoms with E-state index in [1.165, 1.54) is 23.0 Å². The summed E-state index contributed by atoms with van der Waals surface area (Å²) in [5.41, 5.74) is 2.19. The number of benzene rings is 3. The van der Waals surface area contributed by atoms with E-state index >= 15 is 0 Å². The highest BCUT2D eigenvalue weighted by Crippen LogP contribution is 2.27. The summed E-state index contributed by atoms with van der Waals surface area (Å²) in [7, 11) is 0. The van der Waals surface area contributed by atoms with E-state index in [9.17, 15) is 18.4 Å². The van der Waals surface area contributed by atoms with Crippen molar-refractivity contribution in [3.05, 3.63) is 100 Å². The number of aromatic nitrogens is 2. The first-order valence-corrected chi connectivity index (χ1v) is 9.86. The van der Waals surface area contributed by atoms with Gasteiger partial charge in [-0.2, -0.15) is 13.9 Å². The van der Waals surface area contributed by atoms with E-state index < -0.39 is 6.61 Å². The minimum Gasteiger partial charge on any atom is -0.435 e. The highest BCUT2D eigenvalue weighted by Gasteiger charge is 2.13. The van der Waals surface area contributed by atoms with Crippen LogP contribution in [0.15, 0.2) is 83.8 Å². The molecule has 32 heavy (non-hydrogen) atoms. The molecule has 0 fully saturated rings. The number of carbonyl (C=O) groups is 1. The highest BCUT2D eigenvalue weighted by atomic mass is 19.3. The van der Waals surface area contributed by atoms with Crippen molar-refractivity contribution >= 4 is 22.5 Å². The second-order valence-electron chi connectivity index (χ2n) is 7.10. The molecule has 6 nitrogen and oxygen atoms in total. The Morgan fingerprint density at radius 3 is 2.56 bits per heavy atom. The second kappa shape index (κ2) is 9.38. The van der Waals surface area contributed by atoms with Gasteiger partial charge < -0.3 is 10.1 Å². The fourth-order valence-electron chi connectivity index (χ4n) is 3.45. The first-order valence-electron chi connectivity index (χ1n) is 9.86. The van der Waals surface area contributed by atoms with E-state index in [1.54, 1.807) is 30.3 Å². The van der Waals surface area contributed by atoms with Gasteiger partial charge in [0.1, 0.15) is 12.3 Å². The molecule has 1 amide bonds. The van der Waals surface area contributed by atoms with Gasteiger partial charge >= 0.3 is 6.61 Å². The van der Waals surface area contributed by atoms with Gasteiger partial charge in [-0.25, -0.2) is 0 Å².